The summed E-state index contributed by atoms with van der Waals surface area (Å²) in [5.41, 5.74) is 1.48. The van der Waals surface area contributed by atoms with Crippen LogP contribution < -0.4 is 16.2 Å². The maximum absolute atomic E-state index is 11.8. The van der Waals surface area contributed by atoms with E-state index in [1.807, 2.05) is 36.4 Å². The number of nitrogens with one attached hydrogen (secondary N) is 2. The van der Waals surface area contributed by atoms with Gasteiger partial charge in [0.15, 0.2) is 0 Å². The molecule has 0 aliphatic rings. The highest BCUT2D eigenvalue weighted by molar-refractivity contribution is 9.10. The Labute approximate surface area is 141 Å². The van der Waals surface area contributed by atoms with Crippen molar-refractivity contribution < 1.29 is 0 Å². The zero-order valence-corrected chi connectivity index (χ0v) is 14.2. The average molecular weight is 374 g/mol. The van der Waals surface area contributed by atoms with E-state index in [1.54, 1.807) is 13.2 Å². The summed E-state index contributed by atoms with van der Waals surface area (Å²) < 4.78 is 1.77. The number of benzene rings is 1. The second-order valence-corrected chi connectivity index (χ2v) is 5.84. The van der Waals surface area contributed by atoms with Crippen molar-refractivity contribution >= 4 is 38.3 Å². The molecule has 0 bridgehead atoms. The molecule has 118 valence electrons. The van der Waals surface area contributed by atoms with Gasteiger partial charge in [0.25, 0.3) is 5.56 Å². The highest BCUT2D eigenvalue weighted by atomic mass is 79.9. The third-order valence-corrected chi connectivity index (χ3v) is 4.19. The largest absolute Gasteiger partial charge is 0.381 e. The molecule has 0 aliphatic heterocycles. The fraction of sp³-hybridized carbons (Fsp3) is 0.188. The summed E-state index contributed by atoms with van der Waals surface area (Å²) in [7, 11) is 1.61. The van der Waals surface area contributed by atoms with Crippen LogP contribution in [0, 0.1) is 0 Å². The average Bonchev–Trinajstić information content (AvgIpc) is 2.58. The van der Waals surface area contributed by atoms with Crippen LogP contribution in [0.25, 0.3) is 10.9 Å². The molecular weight excluding hydrogens is 358 g/mol. The number of hydrogen-bond donors (Lipinski definition) is 2. The first-order valence-electron chi connectivity index (χ1n) is 7.20. The first-order chi connectivity index (χ1) is 11.1. The Bertz CT molecular complexity index is 893. The van der Waals surface area contributed by atoms with E-state index >= 15 is 0 Å². The molecule has 7 heteroatoms. The summed E-state index contributed by atoms with van der Waals surface area (Å²) in [4.78, 5) is 16.3. The van der Waals surface area contributed by atoms with E-state index in [1.165, 1.54) is 4.68 Å². The molecule has 6 nitrogen and oxygen atoms in total. The van der Waals surface area contributed by atoms with E-state index in [0.29, 0.717) is 23.2 Å². The molecule has 0 radical (unpaired) electrons. The van der Waals surface area contributed by atoms with Crippen LogP contribution in [-0.4, -0.2) is 27.9 Å². The highest BCUT2D eigenvalue weighted by Gasteiger charge is 2.05. The fourth-order valence-electron chi connectivity index (χ4n) is 2.19. The molecule has 0 saturated carbocycles. The van der Waals surface area contributed by atoms with Gasteiger partial charge < -0.3 is 10.6 Å². The van der Waals surface area contributed by atoms with Gasteiger partial charge in [-0.05, 0) is 34.1 Å². The van der Waals surface area contributed by atoms with Gasteiger partial charge in [0.05, 0.1) is 17.4 Å². The number of aromatic nitrogens is 3. The van der Waals surface area contributed by atoms with Gasteiger partial charge in [0.1, 0.15) is 10.3 Å². The van der Waals surface area contributed by atoms with Crippen molar-refractivity contribution in [2.45, 2.75) is 0 Å². The Hall–Kier alpha value is -2.41. The summed E-state index contributed by atoms with van der Waals surface area (Å²) in [6.07, 6.45) is 1.62. The normalized spacial score (nSPS) is 10.7. The number of rotatable bonds is 5. The standard InChI is InChI=1S/C16H16BrN5O/c1-22-16(23)15(17)13(10-20-22)18-8-9-19-14-7-6-11-4-2-3-5-12(11)21-14/h2-7,10,18H,8-9H2,1H3,(H,19,21). The van der Waals surface area contributed by atoms with Gasteiger partial charge in [-0.2, -0.15) is 5.10 Å². The molecule has 0 unspecified atom stereocenters. The smallest absolute Gasteiger partial charge is 0.282 e. The molecule has 1 aromatic carbocycles. The predicted molar refractivity (Wildman–Crippen MR) is 95.9 cm³/mol. The van der Waals surface area contributed by atoms with Gasteiger partial charge in [0, 0.05) is 25.5 Å². The van der Waals surface area contributed by atoms with Crippen molar-refractivity contribution in [2.75, 3.05) is 23.7 Å². The molecule has 0 aliphatic carbocycles. The molecule has 0 spiro atoms. The first-order valence-corrected chi connectivity index (χ1v) is 8.00. The van der Waals surface area contributed by atoms with E-state index in [9.17, 15) is 4.79 Å². The first kappa shape index (κ1) is 15.5. The SMILES string of the molecule is Cn1ncc(NCCNc2ccc3ccccc3n2)c(Br)c1=O. The Balaban J connectivity index is 1.59. The summed E-state index contributed by atoms with van der Waals surface area (Å²) in [5.74, 6) is 0.826. The Morgan fingerprint density at radius 3 is 2.78 bits per heavy atom. The highest BCUT2D eigenvalue weighted by Crippen LogP contribution is 2.16. The second-order valence-electron chi connectivity index (χ2n) is 5.04. The number of halogens is 1. The van der Waals surface area contributed by atoms with E-state index in [0.717, 1.165) is 16.7 Å². The molecular formula is C16H16BrN5O. The Morgan fingerprint density at radius 2 is 1.91 bits per heavy atom. The molecule has 0 fully saturated rings. The summed E-state index contributed by atoms with van der Waals surface area (Å²) in [5, 5.41) is 11.5. The van der Waals surface area contributed by atoms with E-state index in [-0.39, 0.29) is 5.56 Å². The van der Waals surface area contributed by atoms with Gasteiger partial charge in [-0.1, -0.05) is 18.2 Å². The predicted octanol–water partition coefficient (Wildman–Crippen LogP) is 2.62. The van der Waals surface area contributed by atoms with Gasteiger partial charge in [0.2, 0.25) is 0 Å². The number of fused-ring (bicyclic) bond motifs is 1. The zero-order valence-electron chi connectivity index (χ0n) is 12.6. The lowest BCUT2D eigenvalue weighted by Gasteiger charge is -2.10. The van der Waals surface area contributed by atoms with Crippen LogP contribution in [0.2, 0.25) is 0 Å². The van der Waals surface area contributed by atoms with E-state index in [2.05, 4.69) is 36.6 Å². The van der Waals surface area contributed by atoms with Crippen LogP contribution in [0.3, 0.4) is 0 Å². The van der Waals surface area contributed by atoms with Crippen molar-refractivity contribution in [2.24, 2.45) is 7.05 Å². The Morgan fingerprint density at radius 1 is 1.13 bits per heavy atom. The maximum atomic E-state index is 11.8. The molecule has 3 aromatic rings. The van der Waals surface area contributed by atoms with Crippen molar-refractivity contribution in [3.8, 4) is 0 Å². The second kappa shape index (κ2) is 6.78. The minimum atomic E-state index is -0.167. The molecule has 3 rings (SSSR count). The summed E-state index contributed by atoms with van der Waals surface area (Å²) in [6, 6.07) is 12.0. The number of aryl methyl sites for hydroxylation is 1. The van der Waals surface area contributed by atoms with Crippen molar-refractivity contribution in [1.29, 1.82) is 0 Å². The van der Waals surface area contributed by atoms with Gasteiger partial charge >= 0.3 is 0 Å². The molecule has 23 heavy (non-hydrogen) atoms. The van der Waals surface area contributed by atoms with Crippen LogP contribution in [-0.2, 0) is 7.05 Å². The minimum Gasteiger partial charge on any atom is -0.381 e. The number of pyridine rings is 1. The van der Waals surface area contributed by atoms with Gasteiger partial charge in [-0.3, -0.25) is 4.79 Å². The lowest BCUT2D eigenvalue weighted by molar-refractivity contribution is 0.703. The van der Waals surface area contributed by atoms with Crippen LogP contribution in [0.15, 0.2) is 51.9 Å². The summed E-state index contributed by atoms with van der Waals surface area (Å²) >= 11 is 3.29. The lowest BCUT2D eigenvalue weighted by atomic mass is 10.2. The lowest BCUT2D eigenvalue weighted by Crippen LogP contribution is -2.22. The molecule has 2 heterocycles. The van der Waals surface area contributed by atoms with E-state index < -0.39 is 0 Å². The van der Waals surface area contributed by atoms with Crippen molar-refractivity contribution in [1.82, 2.24) is 14.8 Å². The number of hydrogen-bond acceptors (Lipinski definition) is 5. The monoisotopic (exact) mass is 373 g/mol. The maximum Gasteiger partial charge on any atom is 0.282 e. The Kier molecular flexibility index (Phi) is 4.57. The van der Waals surface area contributed by atoms with Crippen LogP contribution in [0.1, 0.15) is 0 Å². The molecule has 0 saturated heterocycles. The summed E-state index contributed by atoms with van der Waals surface area (Å²) in [6.45, 7) is 1.31. The van der Waals surface area contributed by atoms with Gasteiger partial charge in [-0.25, -0.2) is 9.67 Å². The van der Waals surface area contributed by atoms with Gasteiger partial charge in [-0.15, -0.1) is 0 Å². The van der Waals surface area contributed by atoms with E-state index in [4.69, 9.17) is 0 Å². The quantitative estimate of drug-likeness (QED) is 0.672. The van der Waals surface area contributed by atoms with Crippen molar-refractivity contribution in [3.05, 3.63) is 57.4 Å². The number of anilines is 2. The molecule has 2 N–H and O–H groups in total. The number of nitrogens with zero attached hydrogens (tertiary/aromatic N) is 3. The molecule has 0 amide bonds. The number of para-hydroxylation sites is 1. The van der Waals surface area contributed by atoms with Crippen LogP contribution >= 0.6 is 15.9 Å². The molecule has 0 atom stereocenters. The van der Waals surface area contributed by atoms with Crippen LogP contribution in [0.5, 0.6) is 0 Å². The fourth-order valence-corrected chi connectivity index (χ4v) is 2.69. The molecule has 2 aromatic heterocycles. The minimum absolute atomic E-state index is 0.167. The third-order valence-electron chi connectivity index (χ3n) is 3.42. The van der Waals surface area contributed by atoms with Crippen molar-refractivity contribution in [3.63, 3.8) is 0 Å². The third kappa shape index (κ3) is 3.50. The topological polar surface area (TPSA) is 71.8 Å². The zero-order chi connectivity index (χ0) is 16.2. The van der Waals surface area contributed by atoms with Crippen LogP contribution in [0.4, 0.5) is 11.5 Å².